The van der Waals surface area contributed by atoms with Gasteiger partial charge < -0.3 is 0 Å². The highest BCUT2D eigenvalue weighted by Crippen LogP contribution is 2.38. The Labute approximate surface area is 144 Å². The molecule has 1 saturated heterocycles. The van der Waals surface area contributed by atoms with Gasteiger partial charge in [-0.2, -0.15) is 4.31 Å². The van der Waals surface area contributed by atoms with Crippen molar-refractivity contribution in [2.24, 2.45) is 0 Å². The Morgan fingerprint density at radius 3 is 2.58 bits per heavy atom. The lowest BCUT2D eigenvalue weighted by Crippen LogP contribution is -2.56. The molecule has 1 aromatic rings. The lowest BCUT2D eigenvalue weighted by molar-refractivity contribution is 0.0623. The highest BCUT2D eigenvalue weighted by atomic mass is 32.2. The van der Waals surface area contributed by atoms with Gasteiger partial charge in [0.2, 0.25) is 10.0 Å². The van der Waals surface area contributed by atoms with E-state index in [1.54, 1.807) is 11.2 Å². The molecule has 0 N–H and O–H groups in total. The minimum Gasteiger partial charge on any atom is -0.296 e. The largest absolute Gasteiger partial charge is 0.296 e. The predicted octanol–water partition coefficient (Wildman–Crippen LogP) is 0.991. The van der Waals surface area contributed by atoms with E-state index in [1.165, 1.54) is 12.8 Å². The number of rotatable bonds is 5. The molecule has 0 amide bonds. The highest BCUT2D eigenvalue weighted by molar-refractivity contribution is 7.89. The van der Waals surface area contributed by atoms with Crippen LogP contribution in [-0.2, 0) is 15.6 Å². The molecule has 2 heterocycles. The van der Waals surface area contributed by atoms with Gasteiger partial charge in [0.1, 0.15) is 0 Å². The van der Waals surface area contributed by atoms with Crippen LogP contribution in [-0.4, -0.2) is 70.8 Å². The molecule has 1 aromatic heterocycles. The van der Waals surface area contributed by atoms with Crippen molar-refractivity contribution in [3.05, 3.63) is 5.82 Å². The fourth-order valence-corrected chi connectivity index (χ4v) is 5.24. The third-order valence-electron chi connectivity index (χ3n) is 5.63. The minimum atomic E-state index is -3.22. The van der Waals surface area contributed by atoms with E-state index in [-0.39, 0.29) is 5.75 Å². The van der Waals surface area contributed by atoms with Gasteiger partial charge in [-0.3, -0.25) is 4.90 Å². The first-order valence-corrected chi connectivity index (χ1v) is 10.5. The SMILES string of the molecule is CCS(=O)(=O)N1CCCC(c2nnnn2C2CCCC2)(N(C)C)C1. The Balaban J connectivity index is 1.99. The first kappa shape index (κ1) is 17.8. The summed E-state index contributed by atoms with van der Waals surface area (Å²) in [5, 5.41) is 12.6. The molecule has 24 heavy (non-hydrogen) atoms. The minimum absolute atomic E-state index is 0.129. The second-order valence-corrected chi connectivity index (χ2v) is 9.41. The van der Waals surface area contributed by atoms with Crippen LogP contribution in [0.5, 0.6) is 0 Å². The monoisotopic (exact) mass is 356 g/mol. The molecule has 0 spiro atoms. The van der Waals surface area contributed by atoms with Crippen LogP contribution in [0.25, 0.3) is 0 Å². The summed E-state index contributed by atoms with van der Waals surface area (Å²) in [6.45, 7) is 2.70. The topological polar surface area (TPSA) is 84.2 Å². The van der Waals surface area contributed by atoms with Crippen LogP contribution in [0.4, 0.5) is 0 Å². The second-order valence-electron chi connectivity index (χ2n) is 7.15. The van der Waals surface area contributed by atoms with E-state index in [1.807, 2.05) is 18.8 Å². The van der Waals surface area contributed by atoms with Crippen LogP contribution < -0.4 is 0 Å². The van der Waals surface area contributed by atoms with Gasteiger partial charge >= 0.3 is 0 Å². The number of hydrogen-bond donors (Lipinski definition) is 0. The van der Waals surface area contributed by atoms with Crippen LogP contribution in [0.1, 0.15) is 57.3 Å². The third kappa shape index (κ3) is 2.97. The van der Waals surface area contributed by atoms with Crippen LogP contribution in [0.15, 0.2) is 0 Å². The van der Waals surface area contributed by atoms with Crippen molar-refractivity contribution in [2.45, 2.75) is 57.0 Å². The van der Waals surface area contributed by atoms with E-state index < -0.39 is 15.6 Å². The van der Waals surface area contributed by atoms with Gasteiger partial charge in [0, 0.05) is 13.1 Å². The quantitative estimate of drug-likeness (QED) is 0.782. The Kier molecular flexibility index (Phi) is 4.94. The van der Waals surface area contributed by atoms with E-state index in [0.717, 1.165) is 31.5 Å². The zero-order valence-electron chi connectivity index (χ0n) is 14.8. The normalized spacial score (nSPS) is 27.2. The molecular formula is C15H28N6O2S. The van der Waals surface area contributed by atoms with Crippen LogP contribution in [0.2, 0.25) is 0 Å². The molecule has 1 aliphatic carbocycles. The molecule has 1 aliphatic heterocycles. The van der Waals surface area contributed by atoms with Crippen molar-refractivity contribution in [1.82, 2.24) is 29.4 Å². The summed E-state index contributed by atoms with van der Waals surface area (Å²) >= 11 is 0. The zero-order chi connectivity index (χ0) is 17.4. The summed E-state index contributed by atoms with van der Waals surface area (Å²) in [5.74, 6) is 0.944. The molecule has 2 fully saturated rings. The van der Waals surface area contributed by atoms with Crippen LogP contribution in [0, 0.1) is 0 Å². The standard InChI is InChI=1S/C15H28N6O2S/c1-4-24(22,23)20-11-7-10-15(12-20,19(2)3)14-16-17-18-21(14)13-8-5-6-9-13/h13H,4-12H2,1-3H3. The zero-order valence-corrected chi connectivity index (χ0v) is 15.7. The molecule has 1 atom stereocenters. The summed E-state index contributed by atoms with van der Waals surface area (Å²) in [6.07, 6.45) is 6.28. The van der Waals surface area contributed by atoms with Gasteiger partial charge in [0.25, 0.3) is 0 Å². The van der Waals surface area contributed by atoms with Gasteiger partial charge in [-0.05, 0) is 57.1 Å². The number of hydrogen-bond acceptors (Lipinski definition) is 6. The van der Waals surface area contributed by atoms with Gasteiger partial charge in [0.05, 0.1) is 17.3 Å². The van der Waals surface area contributed by atoms with Crippen molar-refractivity contribution >= 4 is 10.0 Å². The van der Waals surface area contributed by atoms with Gasteiger partial charge in [0.15, 0.2) is 5.82 Å². The van der Waals surface area contributed by atoms with Crippen molar-refractivity contribution in [3.63, 3.8) is 0 Å². The lowest BCUT2D eigenvalue weighted by Gasteiger charge is -2.45. The predicted molar refractivity (Wildman–Crippen MR) is 91.0 cm³/mol. The number of nitrogens with zero attached hydrogens (tertiary/aromatic N) is 6. The number of piperidine rings is 1. The van der Waals surface area contributed by atoms with Gasteiger partial charge in [-0.15, -0.1) is 5.10 Å². The van der Waals surface area contributed by atoms with Crippen molar-refractivity contribution < 1.29 is 8.42 Å². The Morgan fingerprint density at radius 1 is 1.25 bits per heavy atom. The van der Waals surface area contributed by atoms with Gasteiger partial charge in [-0.1, -0.05) is 12.8 Å². The van der Waals surface area contributed by atoms with Gasteiger partial charge in [-0.25, -0.2) is 13.1 Å². The molecule has 136 valence electrons. The summed E-state index contributed by atoms with van der Waals surface area (Å²) in [5.41, 5.74) is -0.466. The van der Waals surface area contributed by atoms with E-state index in [9.17, 15) is 8.42 Å². The second kappa shape index (κ2) is 6.68. The Morgan fingerprint density at radius 2 is 1.96 bits per heavy atom. The molecule has 1 saturated carbocycles. The lowest BCUT2D eigenvalue weighted by atomic mass is 9.87. The van der Waals surface area contributed by atoms with Crippen LogP contribution >= 0.6 is 0 Å². The molecule has 0 bridgehead atoms. The van der Waals surface area contributed by atoms with Crippen LogP contribution in [0.3, 0.4) is 0 Å². The maximum absolute atomic E-state index is 12.4. The summed E-state index contributed by atoms with van der Waals surface area (Å²) in [6, 6.07) is 0.338. The molecule has 0 aromatic carbocycles. The molecule has 3 rings (SSSR count). The van der Waals surface area contributed by atoms with E-state index in [0.29, 0.717) is 19.1 Å². The summed E-state index contributed by atoms with van der Waals surface area (Å²) in [7, 11) is 0.772. The van der Waals surface area contributed by atoms with E-state index in [4.69, 9.17) is 0 Å². The first-order chi connectivity index (χ1) is 11.4. The number of likely N-dealkylation sites (N-methyl/N-ethyl adjacent to an activating group) is 1. The van der Waals surface area contributed by atoms with E-state index in [2.05, 4.69) is 20.4 Å². The average Bonchev–Trinajstić information content (AvgIpc) is 3.25. The Bertz CT molecular complexity index is 667. The smallest absolute Gasteiger partial charge is 0.213 e. The van der Waals surface area contributed by atoms with Crippen molar-refractivity contribution in [3.8, 4) is 0 Å². The first-order valence-electron chi connectivity index (χ1n) is 8.84. The molecular weight excluding hydrogens is 328 g/mol. The number of sulfonamides is 1. The molecule has 2 aliphatic rings. The van der Waals surface area contributed by atoms with E-state index >= 15 is 0 Å². The molecule has 0 radical (unpaired) electrons. The summed E-state index contributed by atoms with van der Waals surface area (Å²) in [4.78, 5) is 2.10. The molecule has 9 heteroatoms. The number of aromatic nitrogens is 4. The maximum Gasteiger partial charge on any atom is 0.213 e. The fourth-order valence-electron chi connectivity index (χ4n) is 4.06. The summed E-state index contributed by atoms with van der Waals surface area (Å²) < 4.78 is 28.4. The maximum atomic E-state index is 12.4. The third-order valence-corrected chi connectivity index (χ3v) is 7.46. The Hall–Kier alpha value is -1.06. The molecule has 8 nitrogen and oxygen atoms in total. The van der Waals surface area contributed by atoms with Crippen molar-refractivity contribution in [2.75, 3.05) is 32.9 Å². The molecule has 1 unspecified atom stereocenters. The highest BCUT2D eigenvalue weighted by Gasteiger charge is 2.46. The fraction of sp³-hybridized carbons (Fsp3) is 0.933. The average molecular weight is 356 g/mol. The van der Waals surface area contributed by atoms with Crippen molar-refractivity contribution in [1.29, 1.82) is 0 Å². The number of tetrazole rings is 1.